The van der Waals surface area contributed by atoms with E-state index >= 15 is 0 Å². The molecule has 1 aromatic carbocycles. The molecule has 0 aliphatic rings. The second-order valence-electron chi connectivity index (χ2n) is 3.03. The lowest BCUT2D eigenvalue weighted by molar-refractivity contribution is -0.142. The molecule has 0 aliphatic carbocycles. The second-order valence-corrected chi connectivity index (χ2v) is 3.82. The molecular weight excluding hydrogens is 274 g/mol. The van der Waals surface area contributed by atoms with Gasteiger partial charge in [0, 0.05) is 4.47 Å². The lowest BCUT2D eigenvalue weighted by atomic mass is 10.1. The van der Waals surface area contributed by atoms with Crippen LogP contribution in [-0.2, 0) is 16.0 Å². The van der Waals surface area contributed by atoms with E-state index in [1.807, 2.05) is 6.07 Å². The molecule has 0 fully saturated rings. The maximum Gasteiger partial charge on any atom is 0.310 e. The Morgan fingerprint density at radius 3 is 2.88 bits per heavy atom. The summed E-state index contributed by atoms with van der Waals surface area (Å²) in [4.78, 5) is 11.3. The smallest absolute Gasteiger partial charge is 0.310 e. The average molecular weight is 284 g/mol. The number of phenolic OH excluding ortho intramolecular Hbond substituents is 1. The summed E-state index contributed by atoms with van der Waals surface area (Å²) in [6.07, 6.45) is 0.0728. The first kappa shape index (κ1) is 12.5. The molecular formula is C11H10BrNO3. The van der Waals surface area contributed by atoms with Crippen molar-refractivity contribution in [3.05, 3.63) is 27.7 Å². The van der Waals surface area contributed by atoms with E-state index in [2.05, 4.69) is 15.9 Å². The molecule has 0 spiro atoms. The summed E-state index contributed by atoms with van der Waals surface area (Å²) in [5, 5.41) is 18.2. The number of hydrogen-bond donors (Lipinski definition) is 1. The van der Waals surface area contributed by atoms with Gasteiger partial charge < -0.3 is 9.84 Å². The minimum Gasteiger partial charge on any atom is -0.507 e. The number of nitrogens with zero attached hydrogens (tertiary/aromatic N) is 1. The fourth-order valence-corrected chi connectivity index (χ4v) is 1.78. The zero-order valence-electron chi connectivity index (χ0n) is 8.66. The third-order valence-corrected chi connectivity index (χ3v) is 2.86. The zero-order valence-corrected chi connectivity index (χ0v) is 10.2. The van der Waals surface area contributed by atoms with Gasteiger partial charge in [-0.2, -0.15) is 5.26 Å². The summed E-state index contributed by atoms with van der Waals surface area (Å²) in [5.74, 6) is -0.472. The van der Waals surface area contributed by atoms with Crippen LogP contribution in [0.15, 0.2) is 16.6 Å². The van der Waals surface area contributed by atoms with Crippen LogP contribution in [0.1, 0.15) is 18.1 Å². The Morgan fingerprint density at radius 2 is 2.31 bits per heavy atom. The van der Waals surface area contributed by atoms with Gasteiger partial charge in [-0.15, -0.1) is 0 Å². The van der Waals surface area contributed by atoms with Crippen molar-refractivity contribution >= 4 is 21.9 Å². The number of hydrogen-bond acceptors (Lipinski definition) is 4. The number of nitriles is 1. The van der Waals surface area contributed by atoms with Crippen molar-refractivity contribution in [1.82, 2.24) is 0 Å². The highest BCUT2D eigenvalue weighted by Crippen LogP contribution is 2.29. The van der Waals surface area contributed by atoms with Gasteiger partial charge in [-0.3, -0.25) is 4.79 Å². The Kier molecular flexibility index (Phi) is 4.32. The van der Waals surface area contributed by atoms with Gasteiger partial charge in [-0.25, -0.2) is 0 Å². The van der Waals surface area contributed by atoms with Crippen molar-refractivity contribution in [1.29, 1.82) is 5.26 Å². The van der Waals surface area contributed by atoms with Gasteiger partial charge >= 0.3 is 5.97 Å². The third kappa shape index (κ3) is 2.74. The van der Waals surface area contributed by atoms with Crippen LogP contribution in [0, 0.1) is 11.3 Å². The molecule has 0 aromatic heterocycles. The maximum atomic E-state index is 11.3. The van der Waals surface area contributed by atoms with Crippen LogP contribution in [0.25, 0.3) is 0 Å². The first-order valence-electron chi connectivity index (χ1n) is 4.66. The Balaban J connectivity index is 2.99. The summed E-state index contributed by atoms with van der Waals surface area (Å²) in [7, 11) is 0. The van der Waals surface area contributed by atoms with Gasteiger partial charge in [0.25, 0.3) is 0 Å². The van der Waals surface area contributed by atoms with Gasteiger partial charge in [0.1, 0.15) is 17.4 Å². The predicted molar refractivity (Wildman–Crippen MR) is 60.9 cm³/mol. The Bertz CT molecular complexity index is 451. The highest BCUT2D eigenvalue weighted by atomic mass is 79.9. The number of rotatable bonds is 3. The SMILES string of the molecule is CCOC(=O)Cc1ccc(O)c(C#N)c1Br. The molecule has 0 saturated heterocycles. The number of benzene rings is 1. The summed E-state index contributed by atoms with van der Waals surface area (Å²) in [5.41, 5.74) is 0.745. The summed E-state index contributed by atoms with van der Waals surface area (Å²) < 4.78 is 5.23. The largest absolute Gasteiger partial charge is 0.507 e. The van der Waals surface area contributed by atoms with Crippen molar-refractivity contribution in [2.75, 3.05) is 6.61 Å². The molecule has 1 rings (SSSR count). The lowest BCUT2D eigenvalue weighted by Crippen LogP contribution is -2.08. The third-order valence-electron chi connectivity index (χ3n) is 1.95. The molecule has 5 heteroatoms. The molecule has 0 bridgehead atoms. The van der Waals surface area contributed by atoms with Crippen LogP contribution in [0.3, 0.4) is 0 Å². The monoisotopic (exact) mass is 283 g/mol. The molecule has 84 valence electrons. The van der Waals surface area contributed by atoms with Crippen molar-refractivity contribution in [3.8, 4) is 11.8 Å². The molecule has 4 nitrogen and oxygen atoms in total. The van der Waals surface area contributed by atoms with Gasteiger partial charge in [0.05, 0.1) is 13.0 Å². The van der Waals surface area contributed by atoms with Gasteiger partial charge in [-0.05, 0) is 34.5 Å². The highest BCUT2D eigenvalue weighted by molar-refractivity contribution is 9.10. The van der Waals surface area contributed by atoms with E-state index in [0.717, 1.165) is 0 Å². The standard InChI is InChI=1S/C11H10BrNO3/c1-2-16-10(15)5-7-3-4-9(14)8(6-13)11(7)12/h3-4,14H,2,5H2,1H3. The normalized spacial score (nSPS) is 9.56. The predicted octanol–water partition coefficient (Wildman–Crippen LogP) is 2.13. The molecule has 0 amide bonds. The second kappa shape index (κ2) is 5.52. The quantitative estimate of drug-likeness (QED) is 0.863. The van der Waals surface area contributed by atoms with Crippen molar-refractivity contribution < 1.29 is 14.6 Å². The number of halogens is 1. The van der Waals surface area contributed by atoms with Crippen LogP contribution < -0.4 is 0 Å². The number of ether oxygens (including phenoxy) is 1. The topological polar surface area (TPSA) is 70.3 Å². The molecule has 0 aliphatic heterocycles. The van der Waals surface area contributed by atoms with E-state index in [4.69, 9.17) is 10.00 Å². The van der Waals surface area contributed by atoms with Crippen LogP contribution in [0.4, 0.5) is 0 Å². The minimum atomic E-state index is -0.363. The summed E-state index contributed by atoms with van der Waals surface area (Å²) in [6.45, 7) is 2.05. The molecule has 0 saturated carbocycles. The summed E-state index contributed by atoms with van der Waals surface area (Å²) in [6, 6.07) is 4.83. The van der Waals surface area contributed by atoms with E-state index in [9.17, 15) is 9.90 Å². The Labute approximate surface area is 102 Å². The van der Waals surface area contributed by atoms with Gasteiger partial charge in [-0.1, -0.05) is 6.07 Å². The molecule has 0 atom stereocenters. The molecule has 1 aromatic rings. The van der Waals surface area contributed by atoms with E-state index in [1.54, 1.807) is 13.0 Å². The zero-order chi connectivity index (χ0) is 12.1. The van der Waals surface area contributed by atoms with E-state index in [-0.39, 0.29) is 23.7 Å². The number of phenols is 1. The molecule has 16 heavy (non-hydrogen) atoms. The molecule has 0 radical (unpaired) electrons. The van der Waals surface area contributed by atoms with Gasteiger partial charge in [0.2, 0.25) is 0 Å². The maximum absolute atomic E-state index is 11.3. The molecule has 1 N–H and O–H groups in total. The molecule has 0 unspecified atom stereocenters. The van der Waals surface area contributed by atoms with Crippen LogP contribution in [0.5, 0.6) is 5.75 Å². The number of esters is 1. The van der Waals surface area contributed by atoms with Crippen molar-refractivity contribution in [3.63, 3.8) is 0 Å². The van der Waals surface area contributed by atoms with Crippen molar-refractivity contribution in [2.45, 2.75) is 13.3 Å². The molecule has 0 heterocycles. The van der Waals surface area contributed by atoms with Crippen LogP contribution in [-0.4, -0.2) is 17.7 Å². The number of carbonyl (C=O) groups excluding carboxylic acids is 1. The van der Waals surface area contributed by atoms with E-state index in [1.165, 1.54) is 6.07 Å². The highest BCUT2D eigenvalue weighted by Gasteiger charge is 2.13. The van der Waals surface area contributed by atoms with Crippen LogP contribution in [0.2, 0.25) is 0 Å². The average Bonchev–Trinajstić information content (AvgIpc) is 2.23. The Morgan fingerprint density at radius 1 is 1.62 bits per heavy atom. The first-order chi connectivity index (χ1) is 7.60. The van der Waals surface area contributed by atoms with E-state index in [0.29, 0.717) is 16.6 Å². The fourth-order valence-electron chi connectivity index (χ4n) is 1.22. The summed E-state index contributed by atoms with van der Waals surface area (Å²) >= 11 is 3.18. The fraction of sp³-hybridized carbons (Fsp3) is 0.273. The van der Waals surface area contributed by atoms with E-state index < -0.39 is 0 Å². The number of carbonyl (C=O) groups is 1. The first-order valence-corrected chi connectivity index (χ1v) is 5.45. The van der Waals surface area contributed by atoms with Gasteiger partial charge in [0.15, 0.2) is 0 Å². The lowest BCUT2D eigenvalue weighted by Gasteiger charge is -2.06. The number of aromatic hydroxyl groups is 1. The van der Waals surface area contributed by atoms with Crippen LogP contribution >= 0.6 is 15.9 Å². The van der Waals surface area contributed by atoms with Crippen molar-refractivity contribution in [2.24, 2.45) is 0 Å². The minimum absolute atomic E-state index is 0.0728. The Hall–Kier alpha value is -1.54.